The Bertz CT molecular complexity index is 780. The maximum absolute atomic E-state index is 12.3. The Labute approximate surface area is 152 Å². The molecule has 2 aromatic carbocycles. The van der Waals surface area contributed by atoms with E-state index >= 15 is 0 Å². The van der Waals surface area contributed by atoms with Gasteiger partial charge in [-0.25, -0.2) is 0 Å². The minimum atomic E-state index is -0.418. The molecular formula is C17H16BrN3O2S. The lowest BCUT2D eigenvalue weighted by atomic mass is 10.2. The third-order valence-electron chi connectivity index (χ3n) is 3.50. The zero-order chi connectivity index (χ0) is 17.1. The topological polar surface area (TPSA) is 70.2 Å². The Hall–Kier alpha value is -1.99. The van der Waals surface area contributed by atoms with Gasteiger partial charge in [-0.2, -0.15) is 0 Å². The van der Waals surface area contributed by atoms with Crippen LogP contribution in [0, 0.1) is 0 Å². The summed E-state index contributed by atoms with van der Waals surface area (Å²) in [5.41, 5.74) is 2.31. The number of benzene rings is 2. The molecule has 5 nitrogen and oxygen atoms in total. The number of carbonyl (C=O) groups is 2. The van der Waals surface area contributed by atoms with Crippen LogP contribution in [0.15, 0.2) is 51.8 Å². The number of hydrogen-bond acceptors (Lipinski definition) is 4. The van der Waals surface area contributed by atoms with E-state index in [-0.39, 0.29) is 11.8 Å². The van der Waals surface area contributed by atoms with Crippen LogP contribution in [0.5, 0.6) is 0 Å². The number of hydrogen-bond donors (Lipinski definition) is 3. The van der Waals surface area contributed by atoms with E-state index in [0.717, 1.165) is 26.4 Å². The van der Waals surface area contributed by atoms with Crippen LogP contribution in [-0.2, 0) is 9.59 Å². The van der Waals surface area contributed by atoms with Gasteiger partial charge in [0.25, 0.3) is 0 Å². The van der Waals surface area contributed by atoms with E-state index in [1.54, 1.807) is 6.92 Å². The number of carbonyl (C=O) groups excluding carboxylic acids is 2. The molecular weight excluding hydrogens is 390 g/mol. The molecule has 1 aliphatic rings. The summed E-state index contributed by atoms with van der Waals surface area (Å²) in [6.45, 7) is 1.79. The van der Waals surface area contributed by atoms with Gasteiger partial charge in [0.1, 0.15) is 6.04 Å². The Kier molecular flexibility index (Phi) is 5.11. The average molecular weight is 406 g/mol. The number of amides is 2. The summed E-state index contributed by atoms with van der Waals surface area (Å²) in [6.07, 6.45) is 0. The number of anilines is 3. The van der Waals surface area contributed by atoms with Crippen LogP contribution in [0.25, 0.3) is 0 Å². The molecule has 1 aliphatic heterocycles. The van der Waals surface area contributed by atoms with Crippen LogP contribution < -0.4 is 16.0 Å². The van der Waals surface area contributed by atoms with Crippen LogP contribution in [-0.4, -0.2) is 23.6 Å². The van der Waals surface area contributed by atoms with E-state index in [1.807, 2.05) is 42.5 Å². The van der Waals surface area contributed by atoms with Crippen molar-refractivity contribution in [1.82, 2.24) is 0 Å². The lowest BCUT2D eigenvalue weighted by Crippen LogP contribution is -2.32. The van der Waals surface area contributed by atoms with Crippen LogP contribution in [0.3, 0.4) is 0 Å². The number of halogens is 1. The maximum Gasteiger partial charge on any atom is 0.246 e. The van der Waals surface area contributed by atoms with Gasteiger partial charge in [0.15, 0.2) is 0 Å². The van der Waals surface area contributed by atoms with Crippen LogP contribution in [0.4, 0.5) is 17.1 Å². The Balaban J connectivity index is 1.64. The summed E-state index contributed by atoms with van der Waals surface area (Å²) in [4.78, 5) is 24.8. The third-order valence-corrected chi connectivity index (χ3v) is 5.10. The molecule has 0 aromatic heterocycles. The smallest absolute Gasteiger partial charge is 0.246 e. The standard InChI is InChI=1S/C17H16BrN3O2S/c1-10(17(23)20-12-4-2-11(18)3-5-12)19-13-6-7-15-14(8-13)21-16(22)9-24-15/h2-8,10,19H,9H2,1H3,(H,20,23)(H,21,22). The van der Waals surface area contributed by atoms with Gasteiger partial charge in [-0.1, -0.05) is 15.9 Å². The first-order chi connectivity index (χ1) is 11.5. The van der Waals surface area contributed by atoms with Crippen molar-refractivity contribution < 1.29 is 9.59 Å². The largest absolute Gasteiger partial charge is 0.374 e. The van der Waals surface area contributed by atoms with Crippen molar-refractivity contribution in [2.24, 2.45) is 0 Å². The SMILES string of the molecule is CC(Nc1ccc2c(c1)NC(=O)CS2)C(=O)Nc1ccc(Br)cc1. The molecule has 124 valence electrons. The molecule has 0 aliphatic carbocycles. The van der Waals surface area contributed by atoms with Gasteiger partial charge < -0.3 is 16.0 Å². The first kappa shape index (κ1) is 16.9. The molecule has 7 heteroatoms. The molecule has 2 amide bonds. The maximum atomic E-state index is 12.3. The van der Waals surface area contributed by atoms with Gasteiger partial charge in [-0.3, -0.25) is 9.59 Å². The van der Waals surface area contributed by atoms with Crippen molar-refractivity contribution in [3.05, 3.63) is 46.9 Å². The summed E-state index contributed by atoms with van der Waals surface area (Å²) < 4.78 is 0.959. The molecule has 0 radical (unpaired) electrons. The zero-order valence-corrected chi connectivity index (χ0v) is 15.3. The minimum absolute atomic E-state index is 0.00863. The van der Waals surface area contributed by atoms with Crippen LogP contribution in [0.1, 0.15) is 6.92 Å². The van der Waals surface area contributed by atoms with Gasteiger partial charge in [0.2, 0.25) is 11.8 Å². The lowest BCUT2D eigenvalue weighted by Gasteiger charge is -2.19. The fourth-order valence-corrected chi connectivity index (χ4v) is 3.33. The lowest BCUT2D eigenvalue weighted by molar-refractivity contribution is -0.116. The minimum Gasteiger partial charge on any atom is -0.374 e. The first-order valence-corrected chi connectivity index (χ1v) is 9.19. The number of nitrogens with one attached hydrogen (secondary N) is 3. The second-order valence-electron chi connectivity index (χ2n) is 5.41. The highest BCUT2D eigenvalue weighted by molar-refractivity contribution is 9.10. The summed E-state index contributed by atoms with van der Waals surface area (Å²) in [5, 5.41) is 8.86. The van der Waals surface area contributed by atoms with E-state index in [0.29, 0.717) is 5.75 Å². The van der Waals surface area contributed by atoms with Crippen molar-refractivity contribution in [3.8, 4) is 0 Å². The van der Waals surface area contributed by atoms with Gasteiger partial charge in [0, 0.05) is 20.7 Å². The van der Waals surface area contributed by atoms with Gasteiger partial charge in [-0.15, -0.1) is 11.8 Å². The molecule has 24 heavy (non-hydrogen) atoms. The van der Waals surface area contributed by atoms with Gasteiger partial charge >= 0.3 is 0 Å². The molecule has 1 heterocycles. The monoisotopic (exact) mass is 405 g/mol. The number of thioether (sulfide) groups is 1. The normalized spacial score (nSPS) is 14.3. The molecule has 0 saturated heterocycles. The van der Waals surface area contributed by atoms with E-state index in [4.69, 9.17) is 0 Å². The van der Waals surface area contributed by atoms with Crippen molar-refractivity contribution >= 4 is 56.6 Å². The van der Waals surface area contributed by atoms with Crippen LogP contribution >= 0.6 is 27.7 Å². The predicted molar refractivity (Wildman–Crippen MR) is 102 cm³/mol. The molecule has 3 N–H and O–H groups in total. The Morgan fingerprint density at radius 1 is 1.21 bits per heavy atom. The highest BCUT2D eigenvalue weighted by Gasteiger charge is 2.17. The fourth-order valence-electron chi connectivity index (χ4n) is 2.27. The zero-order valence-electron chi connectivity index (χ0n) is 12.9. The van der Waals surface area contributed by atoms with E-state index < -0.39 is 6.04 Å². The summed E-state index contributed by atoms with van der Waals surface area (Å²) >= 11 is 4.87. The number of fused-ring (bicyclic) bond motifs is 1. The molecule has 0 fully saturated rings. The summed E-state index contributed by atoms with van der Waals surface area (Å²) in [6, 6.07) is 12.7. The Morgan fingerprint density at radius 3 is 2.67 bits per heavy atom. The molecule has 1 unspecified atom stereocenters. The molecule has 0 saturated carbocycles. The van der Waals surface area contributed by atoms with Gasteiger partial charge in [0.05, 0.1) is 11.4 Å². The van der Waals surface area contributed by atoms with Crippen LogP contribution in [0.2, 0.25) is 0 Å². The highest BCUT2D eigenvalue weighted by Crippen LogP contribution is 2.33. The quantitative estimate of drug-likeness (QED) is 0.720. The second-order valence-corrected chi connectivity index (χ2v) is 7.34. The number of rotatable bonds is 4. The molecule has 1 atom stereocenters. The van der Waals surface area contributed by atoms with E-state index in [9.17, 15) is 9.59 Å². The van der Waals surface area contributed by atoms with E-state index in [1.165, 1.54) is 11.8 Å². The first-order valence-electron chi connectivity index (χ1n) is 7.41. The fraction of sp³-hybridized carbons (Fsp3) is 0.176. The third kappa shape index (κ3) is 4.10. The molecule has 2 aromatic rings. The average Bonchev–Trinajstić information content (AvgIpc) is 2.56. The predicted octanol–water partition coefficient (Wildman–Crippen LogP) is 3.93. The summed E-state index contributed by atoms with van der Waals surface area (Å²) in [7, 11) is 0. The van der Waals surface area contributed by atoms with Gasteiger partial charge in [-0.05, 0) is 49.4 Å². The van der Waals surface area contributed by atoms with Crippen molar-refractivity contribution in [2.45, 2.75) is 17.9 Å². The summed E-state index contributed by atoms with van der Waals surface area (Å²) in [5.74, 6) is 0.297. The van der Waals surface area contributed by atoms with E-state index in [2.05, 4.69) is 31.9 Å². The Morgan fingerprint density at radius 2 is 1.92 bits per heavy atom. The van der Waals surface area contributed by atoms with Crippen molar-refractivity contribution in [3.63, 3.8) is 0 Å². The molecule has 0 spiro atoms. The van der Waals surface area contributed by atoms with Crippen molar-refractivity contribution in [1.29, 1.82) is 0 Å². The highest BCUT2D eigenvalue weighted by atomic mass is 79.9. The molecule has 0 bridgehead atoms. The second kappa shape index (κ2) is 7.27. The molecule has 3 rings (SSSR count). The van der Waals surface area contributed by atoms with Crippen molar-refractivity contribution in [2.75, 3.05) is 21.7 Å².